The Hall–Kier alpha value is -1.70. The first-order valence-corrected chi connectivity index (χ1v) is 5.34. The lowest BCUT2D eigenvalue weighted by molar-refractivity contribution is 0.354. The van der Waals surface area contributed by atoms with Crippen LogP contribution in [-0.2, 0) is 0 Å². The van der Waals surface area contributed by atoms with Crippen LogP contribution in [0.5, 0.6) is 11.5 Å². The number of hydrazine groups is 1. The highest BCUT2D eigenvalue weighted by Crippen LogP contribution is 2.30. The number of hydrogen-bond donors (Lipinski definition) is 2. The third kappa shape index (κ3) is 3.38. The second-order valence-electron chi connectivity index (χ2n) is 3.46. The Morgan fingerprint density at radius 3 is 2.53 bits per heavy atom. The molecular weight excluding hydrogens is 216 g/mol. The van der Waals surface area contributed by atoms with Crippen LogP contribution in [0.2, 0.25) is 0 Å². The molecular formula is C13H18N2O2. The molecule has 4 heteroatoms. The molecule has 92 valence electrons. The number of nitrogens with two attached hydrogens (primary N) is 1. The van der Waals surface area contributed by atoms with Crippen LogP contribution in [-0.4, -0.2) is 14.2 Å². The van der Waals surface area contributed by atoms with Crippen LogP contribution in [0.3, 0.4) is 0 Å². The van der Waals surface area contributed by atoms with Crippen molar-refractivity contribution in [1.29, 1.82) is 0 Å². The zero-order valence-electron chi connectivity index (χ0n) is 10.4. The van der Waals surface area contributed by atoms with Crippen molar-refractivity contribution in [3.8, 4) is 23.3 Å². The van der Waals surface area contributed by atoms with Gasteiger partial charge in [-0.05, 0) is 24.6 Å². The van der Waals surface area contributed by atoms with Gasteiger partial charge in [0.15, 0.2) is 11.5 Å². The minimum Gasteiger partial charge on any atom is -0.493 e. The molecule has 0 bridgehead atoms. The Morgan fingerprint density at radius 1 is 1.29 bits per heavy atom. The zero-order valence-corrected chi connectivity index (χ0v) is 10.4. The summed E-state index contributed by atoms with van der Waals surface area (Å²) in [6, 6.07) is 5.70. The number of methoxy groups -OCH3 is 2. The van der Waals surface area contributed by atoms with E-state index in [4.69, 9.17) is 15.3 Å². The van der Waals surface area contributed by atoms with Gasteiger partial charge in [0.2, 0.25) is 0 Å². The maximum Gasteiger partial charge on any atom is 0.161 e. The molecule has 0 spiro atoms. The number of benzene rings is 1. The van der Waals surface area contributed by atoms with Crippen LogP contribution in [0.15, 0.2) is 18.2 Å². The summed E-state index contributed by atoms with van der Waals surface area (Å²) in [6.07, 6.45) is 0.655. The van der Waals surface area contributed by atoms with Crippen molar-refractivity contribution in [3.63, 3.8) is 0 Å². The van der Waals surface area contributed by atoms with Crippen molar-refractivity contribution in [1.82, 2.24) is 5.43 Å². The van der Waals surface area contributed by atoms with Gasteiger partial charge in [-0.3, -0.25) is 11.3 Å². The molecule has 1 unspecified atom stereocenters. The quantitative estimate of drug-likeness (QED) is 0.462. The maximum absolute atomic E-state index is 5.52. The molecule has 0 saturated carbocycles. The van der Waals surface area contributed by atoms with Crippen LogP contribution in [0.1, 0.15) is 24.9 Å². The maximum atomic E-state index is 5.52. The van der Waals surface area contributed by atoms with Gasteiger partial charge in [0.1, 0.15) is 0 Å². The lowest BCUT2D eigenvalue weighted by Gasteiger charge is -2.15. The fourth-order valence-electron chi connectivity index (χ4n) is 1.55. The van der Waals surface area contributed by atoms with Crippen LogP contribution < -0.4 is 20.7 Å². The molecule has 1 atom stereocenters. The van der Waals surface area contributed by atoms with E-state index in [0.29, 0.717) is 17.9 Å². The normalized spacial score (nSPS) is 11.3. The minimum absolute atomic E-state index is 0.0118. The molecule has 3 N–H and O–H groups in total. The van der Waals surface area contributed by atoms with Gasteiger partial charge < -0.3 is 9.47 Å². The van der Waals surface area contributed by atoms with E-state index in [9.17, 15) is 0 Å². The van der Waals surface area contributed by atoms with E-state index >= 15 is 0 Å². The van der Waals surface area contributed by atoms with Crippen LogP contribution >= 0.6 is 0 Å². The molecule has 0 aliphatic heterocycles. The molecule has 17 heavy (non-hydrogen) atoms. The van der Waals surface area contributed by atoms with E-state index in [1.54, 1.807) is 14.2 Å². The van der Waals surface area contributed by atoms with Crippen LogP contribution in [0.4, 0.5) is 0 Å². The second kappa shape index (κ2) is 6.79. The SMILES string of the molecule is CC#CCC(NN)c1ccc(OC)c(OC)c1. The lowest BCUT2D eigenvalue weighted by atomic mass is 10.0. The van der Waals surface area contributed by atoms with Gasteiger partial charge in [-0.25, -0.2) is 0 Å². The molecule has 1 aromatic rings. The second-order valence-corrected chi connectivity index (χ2v) is 3.46. The zero-order chi connectivity index (χ0) is 12.7. The predicted molar refractivity (Wildman–Crippen MR) is 67.7 cm³/mol. The number of hydrogen-bond acceptors (Lipinski definition) is 4. The molecule has 0 amide bonds. The number of rotatable bonds is 5. The molecule has 0 aliphatic rings. The van der Waals surface area contributed by atoms with Gasteiger partial charge in [0, 0.05) is 6.42 Å². The van der Waals surface area contributed by atoms with E-state index in [0.717, 1.165) is 5.56 Å². The topological polar surface area (TPSA) is 56.5 Å². The smallest absolute Gasteiger partial charge is 0.161 e. The molecule has 1 aromatic carbocycles. The molecule has 0 fully saturated rings. The first-order valence-electron chi connectivity index (χ1n) is 5.34. The minimum atomic E-state index is -0.0118. The average Bonchev–Trinajstić information content (AvgIpc) is 2.39. The molecule has 0 saturated heterocycles. The van der Waals surface area contributed by atoms with Crippen molar-refractivity contribution in [3.05, 3.63) is 23.8 Å². The first-order chi connectivity index (χ1) is 8.26. The summed E-state index contributed by atoms with van der Waals surface area (Å²) in [6.45, 7) is 1.81. The highest BCUT2D eigenvalue weighted by Gasteiger charge is 2.11. The van der Waals surface area contributed by atoms with Gasteiger partial charge in [-0.2, -0.15) is 0 Å². The standard InChI is InChI=1S/C13H18N2O2/c1-4-5-6-11(15-14)10-7-8-12(16-2)13(9-10)17-3/h7-9,11,15H,6,14H2,1-3H3. The van der Waals surface area contributed by atoms with Crippen molar-refractivity contribution in [2.75, 3.05) is 14.2 Å². The Morgan fingerprint density at radius 2 is 2.00 bits per heavy atom. The molecule has 0 aromatic heterocycles. The van der Waals surface area contributed by atoms with Crippen LogP contribution in [0.25, 0.3) is 0 Å². The largest absolute Gasteiger partial charge is 0.493 e. The summed E-state index contributed by atoms with van der Waals surface area (Å²) >= 11 is 0. The highest BCUT2D eigenvalue weighted by molar-refractivity contribution is 5.44. The third-order valence-electron chi connectivity index (χ3n) is 2.49. The number of ether oxygens (including phenoxy) is 2. The summed E-state index contributed by atoms with van der Waals surface area (Å²) in [7, 11) is 3.22. The first kappa shape index (κ1) is 13.4. The Labute approximate surface area is 102 Å². The van der Waals surface area contributed by atoms with Crippen molar-refractivity contribution in [2.24, 2.45) is 5.84 Å². The number of nitrogens with one attached hydrogen (secondary N) is 1. The molecule has 0 radical (unpaired) electrons. The van der Waals surface area contributed by atoms with Crippen molar-refractivity contribution < 1.29 is 9.47 Å². The van der Waals surface area contributed by atoms with Crippen molar-refractivity contribution >= 4 is 0 Å². The third-order valence-corrected chi connectivity index (χ3v) is 2.49. The molecule has 0 aliphatic carbocycles. The highest BCUT2D eigenvalue weighted by atomic mass is 16.5. The van der Waals surface area contributed by atoms with E-state index < -0.39 is 0 Å². The average molecular weight is 234 g/mol. The van der Waals surface area contributed by atoms with Gasteiger partial charge in [0.25, 0.3) is 0 Å². The van der Waals surface area contributed by atoms with E-state index in [2.05, 4.69) is 17.3 Å². The molecule has 0 heterocycles. The van der Waals surface area contributed by atoms with Gasteiger partial charge in [0.05, 0.1) is 20.3 Å². The fraction of sp³-hybridized carbons (Fsp3) is 0.385. The van der Waals surface area contributed by atoms with Gasteiger partial charge in [-0.1, -0.05) is 6.07 Å². The van der Waals surface area contributed by atoms with Crippen LogP contribution in [0, 0.1) is 11.8 Å². The lowest BCUT2D eigenvalue weighted by Crippen LogP contribution is -2.27. The molecule has 1 rings (SSSR count). The summed E-state index contributed by atoms with van der Waals surface area (Å²) in [4.78, 5) is 0. The summed E-state index contributed by atoms with van der Waals surface area (Å²) in [5.74, 6) is 12.8. The Bertz CT molecular complexity index is 421. The summed E-state index contributed by atoms with van der Waals surface area (Å²) < 4.78 is 10.4. The van der Waals surface area contributed by atoms with Gasteiger partial charge in [-0.15, -0.1) is 11.8 Å². The van der Waals surface area contributed by atoms with Gasteiger partial charge >= 0.3 is 0 Å². The van der Waals surface area contributed by atoms with E-state index in [-0.39, 0.29) is 6.04 Å². The molecule has 4 nitrogen and oxygen atoms in total. The Kier molecular flexibility index (Phi) is 5.34. The fourth-order valence-corrected chi connectivity index (χ4v) is 1.55. The van der Waals surface area contributed by atoms with E-state index in [1.165, 1.54) is 0 Å². The summed E-state index contributed by atoms with van der Waals surface area (Å²) in [5.41, 5.74) is 3.76. The van der Waals surface area contributed by atoms with Crippen molar-refractivity contribution in [2.45, 2.75) is 19.4 Å². The van der Waals surface area contributed by atoms with E-state index in [1.807, 2.05) is 25.1 Å². The summed E-state index contributed by atoms with van der Waals surface area (Å²) in [5, 5.41) is 0. The monoisotopic (exact) mass is 234 g/mol. The Balaban J connectivity index is 2.98. The predicted octanol–water partition coefficient (Wildman–Crippen LogP) is 1.62.